The highest BCUT2D eigenvalue weighted by Crippen LogP contribution is 2.14. The van der Waals surface area contributed by atoms with E-state index in [9.17, 15) is 4.79 Å². The first kappa shape index (κ1) is 18.0. The van der Waals surface area contributed by atoms with Crippen molar-refractivity contribution >= 4 is 18.3 Å². The van der Waals surface area contributed by atoms with Gasteiger partial charge in [-0.15, -0.1) is 12.4 Å². The van der Waals surface area contributed by atoms with Crippen molar-refractivity contribution in [2.45, 2.75) is 19.4 Å². The molecule has 1 saturated heterocycles. The summed E-state index contributed by atoms with van der Waals surface area (Å²) < 4.78 is 5.62. The van der Waals surface area contributed by atoms with E-state index in [-0.39, 0.29) is 24.2 Å². The summed E-state index contributed by atoms with van der Waals surface area (Å²) in [6.07, 6.45) is 1.90. The smallest absolute Gasteiger partial charge is 0.225 e. The molecule has 0 spiro atoms. The number of halogens is 1. The number of hydrogen-bond donors (Lipinski definition) is 1. The van der Waals surface area contributed by atoms with Crippen LogP contribution in [0.4, 0.5) is 0 Å². The molecule has 0 aromatic heterocycles. The normalized spacial score (nSPS) is 15.3. The number of likely N-dealkylation sites (N-methyl/N-ethyl adjacent to an activating group) is 1. The highest BCUT2D eigenvalue weighted by molar-refractivity contribution is 5.85. The minimum Gasteiger partial charge on any atom is -0.375 e. The second-order valence-electron chi connectivity index (χ2n) is 5.32. The predicted molar refractivity (Wildman–Crippen MR) is 86.6 cm³/mol. The van der Waals surface area contributed by atoms with Gasteiger partial charge in [0.2, 0.25) is 5.91 Å². The van der Waals surface area contributed by atoms with Crippen LogP contribution in [0.15, 0.2) is 30.3 Å². The Morgan fingerprint density at radius 2 is 1.95 bits per heavy atom. The Labute approximate surface area is 133 Å². The minimum atomic E-state index is 0. The highest BCUT2D eigenvalue weighted by Gasteiger charge is 2.23. The molecule has 1 aliphatic heterocycles. The number of ether oxygens (including phenoxy) is 1. The third-order valence-corrected chi connectivity index (χ3v) is 3.75. The first-order chi connectivity index (χ1) is 9.77. The number of benzene rings is 1. The van der Waals surface area contributed by atoms with Gasteiger partial charge in [-0.1, -0.05) is 30.3 Å². The van der Waals surface area contributed by atoms with Crippen molar-refractivity contribution in [1.29, 1.82) is 0 Å². The van der Waals surface area contributed by atoms with Gasteiger partial charge in [-0.2, -0.15) is 0 Å². The summed E-state index contributed by atoms with van der Waals surface area (Å²) in [5.74, 6) is 0.449. The molecular formula is C16H25ClN2O2. The van der Waals surface area contributed by atoms with Crippen LogP contribution < -0.4 is 5.32 Å². The Balaban J connectivity index is 0.00000220. The van der Waals surface area contributed by atoms with Crippen LogP contribution in [-0.4, -0.2) is 44.1 Å². The topological polar surface area (TPSA) is 41.6 Å². The van der Waals surface area contributed by atoms with Crippen LogP contribution in [-0.2, 0) is 16.1 Å². The van der Waals surface area contributed by atoms with Gasteiger partial charge < -0.3 is 15.0 Å². The van der Waals surface area contributed by atoms with Gasteiger partial charge in [0.05, 0.1) is 13.2 Å². The van der Waals surface area contributed by atoms with E-state index >= 15 is 0 Å². The Kier molecular flexibility index (Phi) is 8.35. The second kappa shape index (κ2) is 9.77. The third-order valence-electron chi connectivity index (χ3n) is 3.75. The fourth-order valence-corrected chi connectivity index (χ4v) is 2.46. The van der Waals surface area contributed by atoms with Gasteiger partial charge in [0.1, 0.15) is 0 Å². The molecule has 1 aromatic rings. The summed E-state index contributed by atoms with van der Waals surface area (Å²) in [4.78, 5) is 14.0. The molecule has 4 nitrogen and oxygen atoms in total. The summed E-state index contributed by atoms with van der Waals surface area (Å²) in [5, 5.41) is 3.28. The van der Waals surface area contributed by atoms with E-state index in [0.717, 1.165) is 25.9 Å². The predicted octanol–water partition coefficient (Wildman–Crippen LogP) is 2.08. The van der Waals surface area contributed by atoms with E-state index in [1.807, 2.05) is 37.4 Å². The summed E-state index contributed by atoms with van der Waals surface area (Å²) in [6.45, 7) is 3.76. The molecule has 0 atom stereocenters. The van der Waals surface area contributed by atoms with E-state index in [1.54, 1.807) is 4.90 Å². The second-order valence-corrected chi connectivity index (χ2v) is 5.32. The summed E-state index contributed by atoms with van der Waals surface area (Å²) in [5.41, 5.74) is 1.17. The van der Waals surface area contributed by atoms with E-state index < -0.39 is 0 Å². The van der Waals surface area contributed by atoms with Gasteiger partial charge in [0.15, 0.2) is 0 Å². The number of carbonyl (C=O) groups excluding carboxylic acids is 1. The zero-order chi connectivity index (χ0) is 14.2. The van der Waals surface area contributed by atoms with Crippen LogP contribution in [0.1, 0.15) is 18.4 Å². The Hall–Kier alpha value is -1.10. The lowest BCUT2D eigenvalue weighted by Crippen LogP contribution is -2.40. The van der Waals surface area contributed by atoms with Crippen molar-refractivity contribution in [3.05, 3.63) is 35.9 Å². The molecule has 0 unspecified atom stereocenters. The summed E-state index contributed by atoms with van der Waals surface area (Å²) >= 11 is 0. The molecule has 1 aliphatic rings. The number of rotatable bonds is 6. The van der Waals surface area contributed by atoms with Gasteiger partial charge >= 0.3 is 0 Å². The fraction of sp³-hybridized carbons (Fsp3) is 0.562. The minimum absolute atomic E-state index is 0. The zero-order valence-electron chi connectivity index (χ0n) is 12.6. The maximum atomic E-state index is 12.2. The maximum Gasteiger partial charge on any atom is 0.225 e. The number of nitrogens with one attached hydrogen (secondary N) is 1. The molecular weight excluding hydrogens is 288 g/mol. The number of nitrogens with zero attached hydrogens (tertiary/aromatic N) is 1. The Bertz CT molecular complexity index is 408. The molecule has 2 rings (SSSR count). The standard InChI is InChI=1S/C16H24N2O2.ClH/c1-18(16(19)15-7-9-17-10-8-15)11-12-20-13-14-5-3-2-4-6-14;/h2-6,15,17H,7-13H2,1H3;1H. The van der Waals surface area contributed by atoms with Gasteiger partial charge in [-0.05, 0) is 31.5 Å². The number of amides is 1. The van der Waals surface area contributed by atoms with Crippen molar-refractivity contribution < 1.29 is 9.53 Å². The van der Waals surface area contributed by atoms with Crippen LogP contribution in [0.5, 0.6) is 0 Å². The zero-order valence-corrected chi connectivity index (χ0v) is 13.4. The molecule has 118 valence electrons. The summed E-state index contributed by atoms with van der Waals surface area (Å²) in [6, 6.07) is 10.1. The fourth-order valence-electron chi connectivity index (χ4n) is 2.46. The summed E-state index contributed by atoms with van der Waals surface area (Å²) in [7, 11) is 1.87. The van der Waals surface area contributed by atoms with Crippen LogP contribution in [0.25, 0.3) is 0 Å². The van der Waals surface area contributed by atoms with E-state index in [4.69, 9.17) is 4.74 Å². The van der Waals surface area contributed by atoms with Crippen molar-refractivity contribution in [2.24, 2.45) is 5.92 Å². The Morgan fingerprint density at radius 1 is 1.29 bits per heavy atom. The molecule has 1 fully saturated rings. The van der Waals surface area contributed by atoms with Crippen LogP contribution in [0.3, 0.4) is 0 Å². The largest absolute Gasteiger partial charge is 0.375 e. The van der Waals surface area contributed by atoms with Gasteiger partial charge in [-0.3, -0.25) is 4.79 Å². The third kappa shape index (κ3) is 6.04. The van der Waals surface area contributed by atoms with E-state index in [0.29, 0.717) is 19.8 Å². The first-order valence-electron chi connectivity index (χ1n) is 7.35. The SMILES string of the molecule is CN(CCOCc1ccccc1)C(=O)C1CCNCC1.Cl. The lowest BCUT2D eigenvalue weighted by Gasteiger charge is -2.26. The average molecular weight is 313 g/mol. The molecule has 0 saturated carbocycles. The molecule has 1 amide bonds. The highest BCUT2D eigenvalue weighted by atomic mass is 35.5. The van der Waals surface area contributed by atoms with Crippen molar-refractivity contribution in [3.8, 4) is 0 Å². The molecule has 0 aliphatic carbocycles. The van der Waals surface area contributed by atoms with Crippen molar-refractivity contribution in [1.82, 2.24) is 10.2 Å². The van der Waals surface area contributed by atoms with Gasteiger partial charge in [0.25, 0.3) is 0 Å². The molecule has 1 heterocycles. The van der Waals surface area contributed by atoms with Gasteiger partial charge in [0, 0.05) is 19.5 Å². The first-order valence-corrected chi connectivity index (χ1v) is 7.35. The molecule has 0 bridgehead atoms. The molecule has 5 heteroatoms. The molecule has 0 radical (unpaired) electrons. The Morgan fingerprint density at radius 3 is 2.62 bits per heavy atom. The lowest BCUT2D eigenvalue weighted by atomic mass is 9.97. The van der Waals surface area contributed by atoms with Crippen LogP contribution >= 0.6 is 12.4 Å². The quantitative estimate of drug-likeness (QED) is 0.818. The average Bonchev–Trinajstić information content (AvgIpc) is 2.52. The molecule has 21 heavy (non-hydrogen) atoms. The monoisotopic (exact) mass is 312 g/mol. The van der Waals surface area contributed by atoms with E-state index in [1.165, 1.54) is 5.56 Å². The number of carbonyl (C=O) groups is 1. The van der Waals surface area contributed by atoms with Crippen LogP contribution in [0.2, 0.25) is 0 Å². The maximum absolute atomic E-state index is 12.2. The molecule has 1 N–H and O–H groups in total. The van der Waals surface area contributed by atoms with Crippen molar-refractivity contribution in [3.63, 3.8) is 0 Å². The number of piperidine rings is 1. The molecule has 1 aromatic carbocycles. The van der Waals surface area contributed by atoms with Crippen LogP contribution in [0, 0.1) is 5.92 Å². The van der Waals surface area contributed by atoms with Gasteiger partial charge in [-0.25, -0.2) is 0 Å². The number of hydrogen-bond acceptors (Lipinski definition) is 3. The van der Waals surface area contributed by atoms with Crippen molar-refractivity contribution in [2.75, 3.05) is 33.3 Å². The van der Waals surface area contributed by atoms with E-state index in [2.05, 4.69) is 5.32 Å². The lowest BCUT2D eigenvalue weighted by molar-refractivity contribution is -0.135.